The van der Waals surface area contributed by atoms with Gasteiger partial charge in [-0.2, -0.15) is 9.50 Å². The molecule has 0 aliphatic carbocycles. The third-order valence-corrected chi connectivity index (χ3v) is 6.45. The van der Waals surface area contributed by atoms with Crippen molar-refractivity contribution in [1.82, 2.24) is 24.1 Å². The van der Waals surface area contributed by atoms with E-state index >= 15 is 0 Å². The summed E-state index contributed by atoms with van der Waals surface area (Å²) in [4.78, 5) is 35.1. The van der Waals surface area contributed by atoms with E-state index in [-0.39, 0.29) is 18.0 Å². The van der Waals surface area contributed by atoms with Gasteiger partial charge in [0.2, 0.25) is 11.7 Å². The van der Waals surface area contributed by atoms with Crippen molar-refractivity contribution in [3.05, 3.63) is 70.0 Å². The quantitative estimate of drug-likeness (QED) is 0.493. The largest absolute Gasteiger partial charge is 0.368 e. The Kier molecular flexibility index (Phi) is 5.03. The first kappa shape index (κ1) is 19.5. The van der Waals surface area contributed by atoms with Crippen LogP contribution < -0.4 is 10.5 Å². The standard InChI is InChI=1S/C22H22N6O2S/c1-16-14-19(29)28-22(23-21(24-28)18-8-5-13-31-18)27(16)15-20(30)26-11-9-25(10-12-26)17-6-3-2-4-7-17/h2-8,13-14H,9-12,15H2,1H3. The molecule has 1 fully saturated rings. The van der Waals surface area contributed by atoms with E-state index in [4.69, 9.17) is 0 Å². The number of para-hydroxylation sites is 1. The normalized spacial score (nSPS) is 14.4. The summed E-state index contributed by atoms with van der Waals surface area (Å²) < 4.78 is 3.06. The van der Waals surface area contributed by atoms with Crippen molar-refractivity contribution in [3.63, 3.8) is 0 Å². The number of anilines is 1. The van der Waals surface area contributed by atoms with Crippen LogP contribution in [0.4, 0.5) is 5.69 Å². The lowest BCUT2D eigenvalue weighted by Crippen LogP contribution is -2.49. The van der Waals surface area contributed by atoms with Crippen LogP contribution in [0.5, 0.6) is 0 Å². The highest BCUT2D eigenvalue weighted by molar-refractivity contribution is 7.13. The number of carbonyl (C=O) groups excluding carboxylic acids is 1. The number of benzene rings is 1. The van der Waals surface area contributed by atoms with Gasteiger partial charge in [0.25, 0.3) is 5.56 Å². The minimum absolute atomic E-state index is 0.0158. The molecule has 31 heavy (non-hydrogen) atoms. The summed E-state index contributed by atoms with van der Waals surface area (Å²) in [6.07, 6.45) is 0. The van der Waals surface area contributed by atoms with Crippen molar-refractivity contribution >= 4 is 28.7 Å². The van der Waals surface area contributed by atoms with Gasteiger partial charge in [-0.15, -0.1) is 16.4 Å². The van der Waals surface area contributed by atoms with Crippen molar-refractivity contribution in [3.8, 4) is 10.7 Å². The zero-order valence-corrected chi connectivity index (χ0v) is 18.0. The number of fused-ring (bicyclic) bond motifs is 1. The number of hydrogen-bond acceptors (Lipinski definition) is 6. The smallest absolute Gasteiger partial charge is 0.275 e. The van der Waals surface area contributed by atoms with Crippen LogP contribution in [0.1, 0.15) is 5.69 Å². The van der Waals surface area contributed by atoms with Gasteiger partial charge in [0.05, 0.1) is 4.88 Å². The van der Waals surface area contributed by atoms with E-state index in [1.54, 1.807) is 4.57 Å². The number of aryl methyl sites for hydroxylation is 1. The molecular formula is C22H22N6O2S. The molecular weight excluding hydrogens is 412 g/mol. The second kappa shape index (κ2) is 7.99. The van der Waals surface area contributed by atoms with Gasteiger partial charge < -0.3 is 14.4 Å². The first-order valence-corrected chi connectivity index (χ1v) is 11.1. The maximum atomic E-state index is 13.1. The molecule has 0 radical (unpaired) electrons. The Bertz CT molecular complexity index is 1270. The summed E-state index contributed by atoms with van der Waals surface area (Å²) >= 11 is 1.51. The Morgan fingerprint density at radius 2 is 1.84 bits per heavy atom. The van der Waals surface area contributed by atoms with Crippen LogP contribution in [0.25, 0.3) is 16.5 Å². The fourth-order valence-corrected chi connectivity index (χ4v) is 4.55. The third kappa shape index (κ3) is 3.72. The minimum atomic E-state index is -0.247. The topological polar surface area (TPSA) is 75.7 Å². The van der Waals surface area contributed by atoms with E-state index < -0.39 is 0 Å². The molecule has 3 aromatic heterocycles. The van der Waals surface area contributed by atoms with E-state index in [0.29, 0.717) is 30.4 Å². The van der Waals surface area contributed by atoms with E-state index in [0.717, 1.165) is 18.0 Å². The van der Waals surface area contributed by atoms with Crippen LogP contribution in [-0.2, 0) is 11.3 Å². The molecule has 1 aliphatic heterocycles. The molecule has 5 rings (SSSR count). The van der Waals surface area contributed by atoms with E-state index in [2.05, 4.69) is 27.1 Å². The lowest BCUT2D eigenvalue weighted by Gasteiger charge is -2.36. The van der Waals surface area contributed by atoms with Gasteiger partial charge in [-0.1, -0.05) is 24.3 Å². The minimum Gasteiger partial charge on any atom is -0.368 e. The number of amides is 1. The Balaban J connectivity index is 1.37. The molecule has 0 saturated carbocycles. The first-order chi connectivity index (χ1) is 15.1. The zero-order valence-electron chi connectivity index (χ0n) is 17.1. The maximum absolute atomic E-state index is 13.1. The van der Waals surface area contributed by atoms with Crippen LogP contribution in [-0.4, -0.2) is 56.2 Å². The molecule has 0 bridgehead atoms. The predicted molar refractivity (Wildman–Crippen MR) is 121 cm³/mol. The van der Waals surface area contributed by atoms with Crippen LogP contribution in [0.15, 0.2) is 58.7 Å². The molecule has 0 spiro atoms. The highest BCUT2D eigenvalue weighted by atomic mass is 32.1. The second-order valence-electron chi connectivity index (χ2n) is 7.54. The lowest BCUT2D eigenvalue weighted by molar-refractivity contribution is -0.132. The second-order valence-corrected chi connectivity index (χ2v) is 8.49. The van der Waals surface area contributed by atoms with Gasteiger partial charge in [0, 0.05) is 43.6 Å². The van der Waals surface area contributed by atoms with Gasteiger partial charge in [-0.3, -0.25) is 9.59 Å². The molecule has 0 N–H and O–H groups in total. The van der Waals surface area contributed by atoms with E-state index in [9.17, 15) is 9.59 Å². The number of nitrogens with zero attached hydrogens (tertiary/aromatic N) is 6. The highest BCUT2D eigenvalue weighted by Crippen LogP contribution is 2.22. The summed E-state index contributed by atoms with van der Waals surface area (Å²) in [5, 5.41) is 6.31. The van der Waals surface area contributed by atoms with Gasteiger partial charge in [0.1, 0.15) is 6.54 Å². The summed E-state index contributed by atoms with van der Waals surface area (Å²) in [5.74, 6) is 0.905. The van der Waals surface area contributed by atoms with Crippen molar-refractivity contribution in [2.24, 2.45) is 0 Å². The van der Waals surface area contributed by atoms with Crippen molar-refractivity contribution in [2.75, 3.05) is 31.1 Å². The molecule has 0 atom stereocenters. The fraction of sp³-hybridized carbons (Fsp3) is 0.273. The molecule has 4 aromatic rings. The fourth-order valence-electron chi connectivity index (χ4n) is 3.90. The number of rotatable bonds is 4. The average Bonchev–Trinajstić information content (AvgIpc) is 3.47. The molecule has 9 heteroatoms. The Labute approximate surface area is 183 Å². The summed E-state index contributed by atoms with van der Waals surface area (Å²) in [5.41, 5.74) is 1.62. The van der Waals surface area contributed by atoms with E-state index in [1.165, 1.54) is 27.6 Å². The summed E-state index contributed by atoms with van der Waals surface area (Å²) in [6, 6.07) is 15.6. The van der Waals surface area contributed by atoms with Gasteiger partial charge in [0.15, 0.2) is 5.82 Å². The number of piperazine rings is 1. The monoisotopic (exact) mass is 434 g/mol. The van der Waals surface area contributed by atoms with Gasteiger partial charge in [-0.05, 0) is 30.5 Å². The Morgan fingerprint density at radius 3 is 2.55 bits per heavy atom. The Morgan fingerprint density at radius 1 is 1.06 bits per heavy atom. The van der Waals surface area contributed by atoms with Crippen LogP contribution >= 0.6 is 11.3 Å². The van der Waals surface area contributed by atoms with Crippen molar-refractivity contribution in [1.29, 1.82) is 0 Å². The zero-order chi connectivity index (χ0) is 21.4. The molecule has 4 heterocycles. The SMILES string of the molecule is Cc1cc(=O)n2nc(-c3cccs3)nc2n1CC(=O)N1CCN(c2ccccc2)CC1. The van der Waals surface area contributed by atoms with Crippen molar-refractivity contribution < 1.29 is 4.79 Å². The average molecular weight is 435 g/mol. The molecule has 0 unspecified atom stereocenters. The van der Waals surface area contributed by atoms with Crippen LogP contribution in [0.3, 0.4) is 0 Å². The molecule has 1 saturated heterocycles. The number of aromatic nitrogens is 4. The summed E-state index contributed by atoms with van der Waals surface area (Å²) in [6.45, 7) is 4.86. The van der Waals surface area contributed by atoms with Gasteiger partial charge >= 0.3 is 0 Å². The third-order valence-electron chi connectivity index (χ3n) is 5.59. The first-order valence-electron chi connectivity index (χ1n) is 10.2. The highest BCUT2D eigenvalue weighted by Gasteiger charge is 2.23. The summed E-state index contributed by atoms with van der Waals surface area (Å²) in [7, 11) is 0. The molecule has 158 valence electrons. The molecule has 1 aliphatic rings. The van der Waals surface area contributed by atoms with Crippen LogP contribution in [0, 0.1) is 6.92 Å². The molecule has 8 nitrogen and oxygen atoms in total. The number of hydrogen-bond donors (Lipinski definition) is 0. The number of thiophene rings is 1. The van der Waals surface area contributed by atoms with Crippen molar-refractivity contribution in [2.45, 2.75) is 13.5 Å². The molecule has 1 amide bonds. The van der Waals surface area contributed by atoms with Crippen LogP contribution in [0.2, 0.25) is 0 Å². The number of carbonyl (C=O) groups is 1. The lowest BCUT2D eigenvalue weighted by atomic mass is 10.2. The maximum Gasteiger partial charge on any atom is 0.275 e. The van der Waals surface area contributed by atoms with Gasteiger partial charge in [-0.25, -0.2) is 0 Å². The molecule has 1 aromatic carbocycles. The predicted octanol–water partition coefficient (Wildman–Crippen LogP) is 2.28. The van der Waals surface area contributed by atoms with E-state index in [1.807, 2.05) is 47.5 Å². The Hall–Kier alpha value is -3.46.